The van der Waals surface area contributed by atoms with E-state index < -0.39 is 0 Å². The number of ether oxygens (including phenoxy) is 2. The van der Waals surface area contributed by atoms with E-state index >= 15 is 0 Å². The van der Waals surface area contributed by atoms with Crippen molar-refractivity contribution in [1.29, 1.82) is 0 Å². The Morgan fingerprint density at radius 3 is 2.86 bits per heavy atom. The van der Waals surface area contributed by atoms with Crippen LogP contribution in [0.1, 0.15) is 35.3 Å². The first kappa shape index (κ1) is 25.0. The van der Waals surface area contributed by atoms with E-state index in [-0.39, 0.29) is 11.3 Å². The minimum atomic E-state index is -0.213. The Labute approximate surface area is 217 Å². The number of aromatic nitrogens is 2. The lowest BCUT2D eigenvalue weighted by molar-refractivity contribution is 0.0320. The Hall–Kier alpha value is -3.69. The van der Waals surface area contributed by atoms with Gasteiger partial charge in [0, 0.05) is 68.0 Å². The van der Waals surface area contributed by atoms with E-state index in [1.165, 1.54) is 5.56 Å². The minimum absolute atomic E-state index is 0.0823. The van der Waals surface area contributed by atoms with Crippen molar-refractivity contribution in [2.45, 2.75) is 25.8 Å². The molecule has 1 aromatic carbocycles. The van der Waals surface area contributed by atoms with Gasteiger partial charge in [-0.3, -0.25) is 9.69 Å². The highest BCUT2D eigenvalue weighted by molar-refractivity contribution is 6.07. The first-order chi connectivity index (χ1) is 18.0. The molecule has 4 heterocycles. The van der Waals surface area contributed by atoms with Crippen LogP contribution in [-0.4, -0.2) is 66.8 Å². The second-order valence-corrected chi connectivity index (χ2v) is 10.0. The molecule has 3 N–H and O–H groups in total. The van der Waals surface area contributed by atoms with Gasteiger partial charge < -0.3 is 25.4 Å². The Bertz CT molecular complexity index is 1240. The third-order valence-electron chi connectivity index (χ3n) is 6.80. The molecular formula is C28H34N6O3. The molecule has 0 saturated carbocycles. The summed E-state index contributed by atoms with van der Waals surface area (Å²) in [7, 11) is 0. The maximum atomic E-state index is 13.1. The molecule has 0 atom stereocenters. The van der Waals surface area contributed by atoms with Gasteiger partial charge in [0.1, 0.15) is 12.4 Å². The number of hydrogen-bond acceptors (Lipinski definition) is 8. The van der Waals surface area contributed by atoms with Crippen LogP contribution in [0.4, 0.5) is 17.2 Å². The van der Waals surface area contributed by atoms with E-state index in [2.05, 4.69) is 50.7 Å². The summed E-state index contributed by atoms with van der Waals surface area (Å²) >= 11 is 0. The molecular weight excluding hydrogens is 468 g/mol. The predicted molar refractivity (Wildman–Crippen MR) is 144 cm³/mol. The van der Waals surface area contributed by atoms with Crippen molar-refractivity contribution in [3.8, 4) is 5.88 Å². The number of nitrogens with one attached hydrogen (secondary N) is 3. The van der Waals surface area contributed by atoms with Crippen LogP contribution in [-0.2, 0) is 16.7 Å². The number of hydrogen-bond donors (Lipinski definition) is 3. The molecule has 3 aromatic rings. The number of carbonyl (C=O) groups is 1. The summed E-state index contributed by atoms with van der Waals surface area (Å²) in [5.74, 6) is 0.890. The molecule has 9 heteroatoms. The van der Waals surface area contributed by atoms with Gasteiger partial charge in [-0.15, -0.1) is 0 Å². The number of anilines is 3. The maximum absolute atomic E-state index is 13.1. The fraction of sp³-hybridized carbons (Fsp3) is 0.393. The molecule has 1 fully saturated rings. The quantitative estimate of drug-likeness (QED) is 0.407. The molecule has 0 radical (unpaired) electrons. The smallest absolute Gasteiger partial charge is 0.259 e. The number of rotatable bonds is 9. The number of morpholine rings is 1. The second kappa shape index (κ2) is 11.1. The van der Waals surface area contributed by atoms with Crippen LogP contribution in [0.2, 0.25) is 0 Å². The average Bonchev–Trinajstić information content (AvgIpc) is 3.22. The first-order valence-electron chi connectivity index (χ1n) is 12.7. The molecule has 0 spiro atoms. The van der Waals surface area contributed by atoms with Gasteiger partial charge in [0.25, 0.3) is 5.91 Å². The summed E-state index contributed by atoms with van der Waals surface area (Å²) in [5.41, 5.74) is 4.62. The highest BCUT2D eigenvalue weighted by Crippen LogP contribution is 2.37. The molecule has 194 valence electrons. The Morgan fingerprint density at radius 2 is 2.00 bits per heavy atom. The van der Waals surface area contributed by atoms with Gasteiger partial charge in [0.15, 0.2) is 0 Å². The SMILES string of the molecule is CC1(C)CNc2cc(NC(=O)c3cccnc3NCc3ccnc(OCCN4CCOCC4)c3)ccc21. The van der Waals surface area contributed by atoms with Crippen molar-refractivity contribution in [2.75, 3.05) is 62.0 Å². The molecule has 9 nitrogen and oxygen atoms in total. The summed E-state index contributed by atoms with van der Waals surface area (Å²) in [6.45, 7) is 10.6. The number of fused-ring (bicyclic) bond motifs is 1. The van der Waals surface area contributed by atoms with Crippen LogP contribution >= 0.6 is 0 Å². The lowest BCUT2D eigenvalue weighted by Crippen LogP contribution is -2.38. The first-order valence-corrected chi connectivity index (χ1v) is 12.7. The Kier molecular flexibility index (Phi) is 7.52. The molecule has 0 bridgehead atoms. The molecule has 2 aromatic heterocycles. The lowest BCUT2D eigenvalue weighted by Gasteiger charge is -2.26. The molecule has 1 saturated heterocycles. The number of pyridine rings is 2. The number of benzene rings is 1. The zero-order valence-electron chi connectivity index (χ0n) is 21.4. The number of nitrogens with zero attached hydrogens (tertiary/aromatic N) is 3. The molecule has 1 amide bonds. The number of amides is 1. The van der Waals surface area contributed by atoms with Crippen LogP contribution < -0.4 is 20.7 Å². The zero-order valence-corrected chi connectivity index (χ0v) is 21.4. The van der Waals surface area contributed by atoms with Crippen LogP contribution in [0.5, 0.6) is 5.88 Å². The Morgan fingerprint density at radius 1 is 1.14 bits per heavy atom. The highest BCUT2D eigenvalue weighted by Gasteiger charge is 2.29. The fourth-order valence-electron chi connectivity index (χ4n) is 4.63. The summed E-state index contributed by atoms with van der Waals surface area (Å²) in [4.78, 5) is 24.2. The van der Waals surface area contributed by atoms with E-state index in [1.54, 1.807) is 24.5 Å². The van der Waals surface area contributed by atoms with Crippen molar-refractivity contribution in [2.24, 2.45) is 0 Å². The van der Waals surface area contributed by atoms with E-state index in [1.807, 2.05) is 24.3 Å². The van der Waals surface area contributed by atoms with E-state index in [9.17, 15) is 4.79 Å². The van der Waals surface area contributed by atoms with Gasteiger partial charge in [0.05, 0.1) is 18.8 Å². The van der Waals surface area contributed by atoms with E-state index in [0.717, 1.165) is 56.3 Å². The summed E-state index contributed by atoms with van der Waals surface area (Å²) in [5, 5.41) is 9.74. The molecule has 2 aliphatic heterocycles. The monoisotopic (exact) mass is 502 g/mol. The normalized spacial score (nSPS) is 16.5. The van der Waals surface area contributed by atoms with E-state index in [4.69, 9.17) is 9.47 Å². The van der Waals surface area contributed by atoms with Gasteiger partial charge in [-0.1, -0.05) is 19.9 Å². The van der Waals surface area contributed by atoms with Gasteiger partial charge in [-0.2, -0.15) is 0 Å². The molecule has 2 aliphatic rings. The molecule has 5 rings (SSSR count). The standard InChI is InChI=1S/C28H34N6O3/c1-28(2)19-32-24-17-21(5-6-23(24)28)33-27(35)22-4-3-8-30-26(22)31-18-20-7-9-29-25(16-20)37-15-12-34-10-13-36-14-11-34/h3-9,16-17,32H,10-15,18-19H2,1-2H3,(H,30,31)(H,33,35). The third kappa shape index (κ3) is 6.18. The van der Waals surface area contributed by atoms with Crippen LogP contribution in [0, 0.1) is 0 Å². The van der Waals surface area contributed by atoms with Crippen molar-refractivity contribution in [1.82, 2.24) is 14.9 Å². The summed E-state index contributed by atoms with van der Waals surface area (Å²) < 4.78 is 11.3. The third-order valence-corrected chi connectivity index (χ3v) is 6.80. The fourth-order valence-corrected chi connectivity index (χ4v) is 4.63. The van der Waals surface area contributed by atoms with Gasteiger partial charge in [0.2, 0.25) is 5.88 Å². The topological polar surface area (TPSA) is 101 Å². The predicted octanol–water partition coefficient (Wildman–Crippen LogP) is 3.76. The lowest BCUT2D eigenvalue weighted by atomic mass is 9.87. The number of carbonyl (C=O) groups excluding carboxylic acids is 1. The zero-order chi connectivity index (χ0) is 25.7. The highest BCUT2D eigenvalue weighted by atomic mass is 16.5. The van der Waals surface area contributed by atoms with Gasteiger partial charge in [-0.25, -0.2) is 9.97 Å². The van der Waals surface area contributed by atoms with Crippen molar-refractivity contribution < 1.29 is 14.3 Å². The second-order valence-electron chi connectivity index (χ2n) is 10.0. The summed E-state index contributed by atoms with van der Waals surface area (Å²) in [6.07, 6.45) is 3.41. The van der Waals surface area contributed by atoms with Crippen LogP contribution in [0.25, 0.3) is 0 Å². The maximum Gasteiger partial charge on any atom is 0.259 e. The van der Waals surface area contributed by atoms with Crippen LogP contribution in [0.3, 0.4) is 0 Å². The Balaban J connectivity index is 1.18. The minimum Gasteiger partial charge on any atom is -0.476 e. The molecule has 0 unspecified atom stereocenters. The average molecular weight is 503 g/mol. The summed E-state index contributed by atoms with van der Waals surface area (Å²) in [6, 6.07) is 13.4. The van der Waals surface area contributed by atoms with Gasteiger partial charge >= 0.3 is 0 Å². The van der Waals surface area contributed by atoms with Crippen molar-refractivity contribution >= 4 is 23.1 Å². The van der Waals surface area contributed by atoms with Crippen molar-refractivity contribution in [3.05, 3.63) is 71.5 Å². The van der Waals surface area contributed by atoms with Gasteiger partial charge in [-0.05, 0) is 41.5 Å². The van der Waals surface area contributed by atoms with Crippen molar-refractivity contribution in [3.63, 3.8) is 0 Å². The van der Waals surface area contributed by atoms with Crippen LogP contribution in [0.15, 0.2) is 54.9 Å². The molecule has 0 aliphatic carbocycles. The largest absolute Gasteiger partial charge is 0.476 e. The van der Waals surface area contributed by atoms with E-state index in [0.29, 0.717) is 30.4 Å². The molecule has 37 heavy (non-hydrogen) atoms.